The zero-order valence-electron chi connectivity index (χ0n) is 14.0. The Morgan fingerprint density at radius 1 is 1.20 bits per heavy atom. The molecular formula is C19H20N4O2. The Labute approximate surface area is 146 Å². The van der Waals surface area contributed by atoms with Gasteiger partial charge in [0, 0.05) is 24.1 Å². The van der Waals surface area contributed by atoms with Crippen LogP contribution in [-0.2, 0) is 11.2 Å². The number of nitrogens with zero attached hydrogens (tertiary/aromatic N) is 1. The van der Waals surface area contributed by atoms with Crippen LogP contribution in [-0.4, -0.2) is 19.6 Å². The van der Waals surface area contributed by atoms with Crippen molar-refractivity contribution in [2.75, 3.05) is 24.7 Å². The summed E-state index contributed by atoms with van der Waals surface area (Å²) >= 11 is 0. The summed E-state index contributed by atoms with van der Waals surface area (Å²) in [5.74, 6) is 0.371. The van der Waals surface area contributed by atoms with Gasteiger partial charge in [-0.15, -0.1) is 0 Å². The summed E-state index contributed by atoms with van der Waals surface area (Å²) in [5, 5.41) is 14.8. The Morgan fingerprint density at radius 3 is 2.48 bits per heavy atom. The van der Waals surface area contributed by atoms with Gasteiger partial charge in [0.1, 0.15) is 17.4 Å². The van der Waals surface area contributed by atoms with Crippen LogP contribution in [0.5, 0.6) is 5.75 Å². The van der Waals surface area contributed by atoms with Crippen LogP contribution in [0.2, 0.25) is 0 Å². The number of rotatable bonds is 7. The molecule has 0 spiro atoms. The predicted molar refractivity (Wildman–Crippen MR) is 97.9 cm³/mol. The number of hydrogen-bond acceptors (Lipinski definition) is 5. The first-order valence-electron chi connectivity index (χ1n) is 7.76. The highest BCUT2D eigenvalue weighted by Crippen LogP contribution is 2.12. The van der Waals surface area contributed by atoms with E-state index in [0.29, 0.717) is 18.7 Å². The minimum Gasteiger partial charge on any atom is -0.497 e. The normalized spacial score (nSPS) is 10.6. The molecule has 1 amide bonds. The minimum atomic E-state index is -0.418. The summed E-state index contributed by atoms with van der Waals surface area (Å²) in [7, 11) is 1.61. The maximum Gasteiger partial charge on any atom is 0.263 e. The lowest BCUT2D eigenvalue weighted by molar-refractivity contribution is -0.117. The smallest absolute Gasteiger partial charge is 0.263 e. The fraction of sp³-hybridized carbons (Fsp3) is 0.158. The molecule has 0 aliphatic carbocycles. The van der Waals surface area contributed by atoms with Crippen LogP contribution < -0.4 is 21.1 Å². The lowest BCUT2D eigenvalue weighted by atomic mass is 10.1. The number of nitrogens with one attached hydrogen (secondary N) is 2. The van der Waals surface area contributed by atoms with Crippen molar-refractivity contribution in [1.82, 2.24) is 5.32 Å². The van der Waals surface area contributed by atoms with Gasteiger partial charge in [-0.2, -0.15) is 5.26 Å². The van der Waals surface area contributed by atoms with Crippen molar-refractivity contribution < 1.29 is 9.53 Å². The van der Waals surface area contributed by atoms with Crippen LogP contribution in [0.15, 0.2) is 60.3 Å². The Balaban J connectivity index is 1.85. The van der Waals surface area contributed by atoms with Crippen molar-refractivity contribution in [2.45, 2.75) is 6.42 Å². The van der Waals surface area contributed by atoms with Gasteiger partial charge in [-0.1, -0.05) is 12.1 Å². The second kappa shape index (κ2) is 8.99. The van der Waals surface area contributed by atoms with E-state index in [1.165, 1.54) is 6.20 Å². The summed E-state index contributed by atoms with van der Waals surface area (Å²) < 4.78 is 5.10. The number of carbonyl (C=O) groups is 1. The lowest BCUT2D eigenvalue weighted by Gasteiger charge is -2.06. The minimum absolute atomic E-state index is 0.00607. The van der Waals surface area contributed by atoms with Crippen LogP contribution in [0, 0.1) is 11.3 Å². The summed E-state index contributed by atoms with van der Waals surface area (Å²) in [4.78, 5) is 12.1. The van der Waals surface area contributed by atoms with Crippen LogP contribution in [0.4, 0.5) is 11.4 Å². The molecule has 0 bridgehead atoms. The summed E-state index contributed by atoms with van der Waals surface area (Å²) in [5.41, 5.74) is 8.08. The average molecular weight is 336 g/mol. The Hall–Kier alpha value is -3.46. The van der Waals surface area contributed by atoms with Crippen molar-refractivity contribution in [3.63, 3.8) is 0 Å². The van der Waals surface area contributed by atoms with Gasteiger partial charge in [-0.3, -0.25) is 4.79 Å². The molecule has 2 aromatic rings. The van der Waals surface area contributed by atoms with Crippen LogP contribution in [0.3, 0.4) is 0 Å². The number of amides is 1. The van der Waals surface area contributed by atoms with Crippen LogP contribution in [0.1, 0.15) is 5.56 Å². The third-order valence-corrected chi connectivity index (χ3v) is 3.52. The third kappa shape index (κ3) is 5.59. The van der Waals surface area contributed by atoms with Gasteiger partial charge in [0.2, 0.25) is 0 Å². The number of nitriles is 1. The number of nitrogen functional groups attached to an aromatic ring is 1. The molecule has 0 unspecified atom stereocenters. The lowest BCUT2D eigenvalue weighted by Crippen LogP contribution is -2.27. The van der Waals surface area contributed by atoms with Gasteiger partial charge in [0.15, 0.2) is 0 Å². The molecule has 0 atom stereocenters. The molecule has 0 saturated carbocycles. The van der Waals surface area contributed by atoms with Gasteiger partial charge in [0.25, 0.3) is 5.91 Å². The molecule has 0 heterocycles. The monoisotopic (exact) mass is 336 g/mol. The van der Waals surface area contributed by atoms with Gasteiger partial charge in [-0.25, -0.2) is 0 Å². The third-order valence-electron chi connectivity index (χ3n) is 3.52. The van der Waals surface area contributed by atoms with E-state index in [2.05, 4.69) is 10.6 Å². The maximum absolute atomic E-state index is 12.1. The zero-order valence-corrected chi connectivity index (χ0v) is 14.0. The van der Waals surface area contributed by atoms with E-state index in [1.807, 2.05) is 30.3 Å². The van der Waals surface area contributed by atoms with E-state index in [4.69, 9.17) is 15.7 Å². The molecule has 0 saturated heterocycles. The first kappa shape index (κ1) is 17.9. The molecule has 128 valence electrons. The number of carbonyl (C=O) groups excluding carboxylic acids is 1. The maximum atomic E-state index is 12.1. The molecule has 0 aromatic heterocycles. The van der Waals surface area contributed by atoms with Crippen LogP contribution >= 0.6 is 0 Å². The van der Waals surface area contributed by atoms with E-state index < -0.39 is 5.91 Å². The highest BCUT2D eigenvalue weighted by Gasteiger charge is 2.08. The van der Waals surface area contributed by atoms with Crippen molar-refractivity contribution in [1.29, 1.82) is 5.26 Å². The Kier molecular flexibility index (Phi) is 6.43. The standard InChI is InChI=1S/C19H20N4O2/c1-25-18-8-2-14(3-9-18)10-11-22-19(24)15(12-20)13-23-17-6-4-16(21)5-7-17/h2-9,13,23H,10-11,21H2,1H3,(H,22,24)/b15-13-. The number of methoxy groups -OCH3 is 1. The molecule has 0 fully saturated rings. The molecule has 6 heteroatoms. The molecule has 4 N–H and O–H groups in total. The molecular weight excluding hydrogens is 316 g/mol. The number of benzene rings is 2. The van der Waals surface area contributed by atoms with Gasteiger partial charge in [0.05, 0.1) is 7.11 Å². The van der Waals surface area contributed by atoms with Crippen molar-refractivity contribution in [2.24, 2.45) is 0 Å². The largest absolute Gasteiger partial charge is 0.497 e. The van der Waals surface area contributed by atoms with Crippen LogP contribution in [0.25, 0.3) is 0 Å². The highest BCUT2D eigenvalue weighted by molar-refractivity contribution is 5.97. The predicted octanol–water partition coefficient (Wildman–Crippen LogP) is 2.46. The Bertz CT molecular complexity index is 775. The van der Waals surface area contributed by atoms with E-state index in [9.17, 15) is 4.79 Å². The average Bonchev–Trinajstić information content (AvgIpc) is 2.64. The SMILES string of the molecule is COc1ccc(CCNC(=O)/C(C#N)=C\Nc2ccc(N)cc2)cc1. The summed E-state index contributed by atoms with van der Waals surface area (Å²) in [6.07, 6.45) is 2.05. The quantitative estimate of drug-likeness (QED) is 0.410. The van der Waals surface area contributed by atoms with Crippen molar-refractivity contribution in [3.05, 3.63) is 65.9 Å². The molecule has 6 nitrogen and oxygen atoms in total. The number of nitrogens with two attached hydrogens (primary N) is 1. The molecule has 0 aliphatic heterocycles. The first-order valence-corrected chi connectivity index (χ1v) is 7.76. The molecule has 2 rings (SSSR count). The van der Waals surface area contributed by atoms with Gasteiger partial charge in [-0.05, 0) is 48.4 Å². The van der Waals surface area contributed by atoms with Crippen molar-refractivity contribution >= 4 is 17.3 Å². The molecule has 2 aromatic carbocycles. The van der Waals surface area contributed by atoms with E-state index >= 15 is 0 Å². The number of hydrogen-bond donors (Lipinski definition) is 3. The topological polar surface area (TPSA) is 100 Å². The first-order chi connectivity index (χ1) is 12.1. The van der Waals surface area contributed by atoms with Gasteiger partial charge >= 0.3 is 0 Å². The van der Waals surface area contributed by atoms with E-state index in [1.54, 1.807) is 31.4 Å². The molecule has 0 radical (unpaired) electrons. The summed E-state index contributed by atoms with van der Waals surface area (Å²) in [6, 6.07) is 16.5. The molecule has 25 heavy (non-hydrogen) atoms. The fourth-order valence-corrected chi connectivity index (χ4v) is 2.09. The highest BCUT2D eigenvalue weighted by atomic mass is 16.5. The van der Waals surface area contributed by atoms with Gasteiger partial charge < -0.3 is 21.1 Å². The Morgan fingerprint density at radius 2 is 1.88 bits per heavy atom. The van der Waals surface area contributed by atoms with E-state index in [-0.39, 0.29) is 5.57 Å². The number of anilines is 2. The second-order valence-electron chi connectivity index (χ2n) is 5.29. The molecule has 0 aliphatic rings. The number of ether oxygens (including phenoxy) is 1. The summed E-state index contributed by atoms with van der Waals surface area (Å²) in [6.45, 7) is 0.437. The van der Waals surface area contributed by atoms with E-state index in [0.717, 1.165) is 17.0 Å². The van der Waals surface area contributed by atoms with Crippen molar-refractivity contribution in [3.8, 4) is 11.8 Å². The zero-order chi connectivity index (χ0) is 18.1. The second-order valence-corrected chi connectivity index (χ2v) is 5.29. The fourth-order valence-electron chi connectivity index (χ4n) is 2.09.